The van der Waals surface area contributed by atoms with Crippen molar-refractivity contribution in [3.8, 4) is 11.6 Å². The number of fused-ring (bicyclic) bond motifs is 1. The number of hydrogen-bond donors (Lipinski definition) is 2. The van der Waals surface area contributed by atoms with E-state index in [0.717, 1.165) is 5.56 Å². The Balaban J connectivity index is 0.00000225. The second-order valence-electron chi connectivity index (χ2n) is 5.78. The Bertz CT molecular complexity index is 1110. The van der Waals surface area contributed by atoms with Gasteiger partial charge in [-0.1, -0.05) is 29.8 Å². The first-order chi connectivity index (χ1) is 13.1. The lowest BCUT2D eigenvalue weighted by Crippen LogP contribution is -2.27. The summed E-state index contributed by atoms with van der Waals surface area (Å²) in [5.41, 5.74) is 7.46. The van der Waals surface area contributed by atoms with E-state index in [2.05, 4.69) is 20.4 Å². The number of anilines is 1. The van der Waals surface area contributed by atoms with Crippen molar-refractivity contribution in [1.29, 1.82) is 0 Å². The Morgan fingerprint density at radius 2 is 2.04 bits per heavy atom. The van der Waals surface area contributed by atoms with Crippen LogP contribution in [0.15, 0.2) is 53.1 Å². The van der Waals surface area contributed by atoms with Crippen LogP contribution in [0.1, 0.15) is 16.1 Å². The van der Waals surface area contributed by atoms with Crippen LogP contribution in [-0.2, 0) is 6.42 Å². The van der Waals surface area contributed by atoms with Crippen LogP contribution in [0.3, 0.4) is 0 Å². The number of benzene rings is 1. The van der Waals surface area contributed by atoms with Crippen molar-refractivity contribution in [2.45, 2.75) is 6.42 Å². The van der Waals surface area contributed by atoms with E-state index in [9.17, 15) is 4.79 Å². The van der Waals surface area contributed by atoms with E-state index in [1.165, 1.54) is 16.8 Å². The third-order valence-electron chi connectivity index (χ3n) is 3.96. The van der Waals surface area contributed by atoms with Gasteiger partial charge in [-0.3, -0.25) is 4.79 Å². The van der Waals surface area contributed by atoms with Crippen LogP contribution in [0.4, 0.5) is 5.95 Å². The predicted octanol–water partition coefficient (Wildman–Crippen LogP) is 3.01. The molecule has 0 fully saturated rings. The van der Waals surface area contributed by atoms with Crippen LogP contribution in [0, 0.1) is 0 Å². The number of amides is 1. The summed E-state index contributed by atoms with van der Waals surface area (Å²) in [4.78, 5) is 20.9. The Morgan fingerprint density at radius 1 is 1.21 bits per heavy atom. The number of furan rings is 1. The molecule has 1 amide bonds. The number of nitrogens with one attached hydrogen (secondary N) is 1. The molecule has 0 saturated carbocycles. The van der Waals surface area contributed by atoms with E-state index in [1.54, 1.807) is 12.1 Å². The van der Waals surface area contributed by atoms with E-state index in [-0.39, 0.29) is 30.0 Å². The Hall–Kier alpha value is -3.10. The van der Waals surface area contributed by atoms with Gasteiger partial charge in [0.15, 0.2) is 11.4 Å². The monoisotopic (exact) mass is 418 g/mol. The second-order valence-corrected chi connectivity index (χ2v) is 6.19. The van der Waals surface area contributed by atoms with E-state index in [4.69, 9.17) is 21.8 Å². The van der Waals surface area contributed by atoms with Gasteiger partial charge in [0, 0.05) is 17.6 Å². The van der Waals surface area contributed by atoms with Gasteiger partial charge >= 0.3 is 0 Å². The van der Waals surface area contributed by atoms with Crippen molar-refractivity contribution in [1.82, 2.24) is 24.9 Å². The summed E-state index contributed by atoms with van der Waals surface area (Å²) < 4.78 is 6.64. The number of carbonyl (C=O) groups is 1. The summed E-state index contributed by atoms with van der Waals surface area (Å²) in [6, 6.07) is 12.5. The highest BCUT2D eigenvalue weighted by Gasteiger charge is 2.15. The highest BCUT2D eigenvalue weighted by molar-refractivity contribution is 6.31. The fourth-order valence-electron chi connectivity index (χ4n) is 2.64. The van der Waals surface area contributed by atoms with E-state index in [1.807, 2.05) is 24.3 Å². The fourth-order valence-corrected chi connectivity index (χ4v) is 2.87. The molecule has 0 unspecified atom stereocenters. The smallest absolute Gasteiger partial charge is 0.270 e. The van der Waals surface area contributed by atoms with E-state index >= 15 is 0 Å². The number of carbonyl (C=O) groups excluding carboxylic acids is 1. The summed E-state index contributed by atoms with van der Waals surface area (Å²) >= 11 is 6.12. The van der Waals surface area contributed by atoms with Crippen LogP contribution in [-0.4, -0.2) is 32.0 Å². The summed E-state index contributed by atoms with van der Waals surface area (Å²) in [7, 11) is 0. The third kappa shape index (κ3) is 3.92. The molecule has 0 aliphatic rings. The van der Waals surface area contributed by atoms with Crippen molar-refractivity contribution < 1.29 is 9.21 Å². The normalized spacial score (nSPS) is 10.6. The predicted molar refractivity (Wildman–Crippen MR) is 108 cm³/mol. The number of nitrogen functional groups attached to an aromatic ring is 1. The number of rotatable bonds is 5. The summed E-state index contributed by atoms with van der Waals surface area (Å²) in [5, 5.41) is 7.72. The zero-order valence-electron chi connectivity index (χ0n) is 14.5. The average molecular weight is 419 g/mol. The molecule has 144 valence electrons. The molecular weight excluding hydrogens is 403 g/mol. The second kappa shape index (κ2) is 8.28. The Kier molecular flexibility index (Phi) is 5.81. The lowest BCUT2D eigenvalue weighted by molar-refractivity contribution is 0.0949. The van der Waals surface area contributed by atoms with Crippen LogP contribution in [0.5, 0.6) is 0 Å². The number of halogens is 2. The van der Waals surface area contributed by atoms with Crippen molar-refractivity contribution in [2.75, 3.05) is 12.3 Å². The van der Waals surface area contributed by atoms with Gasteiger partial charge in [0.25, 0.3) is 5.91 Å². The van der Waals surface area contributed by atoms with Gasteiger partial charge in [0.05, 0.1) is 6.26 Å². The molecule has 3 heterocycles. The SMILES string of the molecule is Cl.Nc1nc(C(=O)NCCc2ccccc2Cl)cc2nc(-c3ccco3)nn12. The van der Waals surface area contributed by atoms with Crippen LogP contribution in [0.25, 0.3) is 17.2 Å². The van der Waals surface area contributed by atoms with Crippen molar-refractivity contribution >= 4 is 41.5 Å². The molecule has 0 spiro atoms. The molecule has 0 bridgehead atoms. The summed E-state index contributed by atoms with van der Waals surface area (Å²) in [6.07, 6.45) is 2.14. The minimum absolute atomic E-state index is 0. The van der Waals surface area contributed by atoms with E-state index < -0.39 is 0 Å². The van der Waals surface area contributed by atoms with Crippen LogP contribution >= 0.6 is 24.0 Å². The maximum Gasteiger partial charge on any atom is 0.270 e. The molecular formula is C18H16Cl2N6O2. The number of hydrogen-bond acceptors (Lipinski definition) is 6. The minimum Gasteiger partial charge on any atom is -0.461 e. The van der Waals surface area contributed by atoms with Crippen LogP contribution in [0.2, 0.25) is 5.02 Å². The fraction of sp³-hybridized carbons (Fsp3) is 0.111. The topological polar surface area (TPSA) is 111 Å². The molecule has 28 heavy (non-hydrogen) atoms. The first-order valence-corrected chi connectivity index (χ1v) is 8.58. The zero-order valence-corrected chi connectivity index (χ0v) is 16.1. The highest BCUT2D eigenvalue weighted by Crippen LogP contribution is 2.18. The van der Waals surface area contributed by atoms with Crippen molar-refractivity contribution in [3.63, 3.8) is 0 Å². The molecule has 10 heteroatoms. The molecule has 0 aliphatic carbocycles. The van der Waals surface area contributed by atoms with Gasteiger partial charge in [0.2, 0.25) is 11.8 Å². The first kappa shape index (κ1) is 19.7. The van der Waals surface area contributed by atoms with E-state index in [0.29, 0.717) is 35.2 Å². The van der Waals surface area contributed by atoms with Gasteiger partial charge < -0.3 is 15.5 Å². The molecule has 0 radical (unpaired) electrons. The molecule has 3 aromatic heterocycles. The van der Waals surface area contributed by atoms with Crippen molar-refractivity contribution in [2.24, 2.45) is 0 Å². The Labute approximate surface area is 171 Å². The molecule has 1 aromatic carbocycles. The first-order valence-electron chi connectivity index (χ1n) is 8.20. The van der Waals surface area contributed by atoms with Gasteiger partial charge in [-0.05, 0) is 30.2 Å². The number of nitrogens with zero attached hydrogens (tertiary/aromatic N) is 4. The third-order valence-corrected chi connectivity index (χ3v) is 4.33. The molecule has 8 nitrogen and oxygen atoms in total. The van der Waals surface area contributed by atoms with Gasteiger partial charge in [-0.2, -0.15) is 4.52 Å². The molecule has 0 saturated heterocycles. The molecule has 3 N–H and O–H groups in total. The highest BCUT2D eigenvalue weighted by atomic mass is 35.5. The molecule has 0 atom stereocenters. The lowest BCUT2D eigenvalue weighted by atomic mass is 10.1. The minimum atomic E-state index is -0.348. The van der Waals surface area contributed by atoms with Gasteiger partial charge in [-0.25, -0.2) is 9.97 Å². The summed E-state index contributed by atoms with van der Waals surface area (Å²) in [5.74, 6) is 0.585. The van der Waals surface area contributed by atoms with Gasteiger partial charge in [0.1, 0.15) is 5.69 Å². The molecule has 4 rings (SSSR count). The van der Waals surface area contributed by atoms with Crippen molar-refractivity contribution in [3.05, 3.63) is 65.0 Å². The average Bonchev–Trinajstić information content (AvgIpc) is 3.32. The molecule has 4 aromatic rings. The van der Waals surface area contributed by atoms with Gasteiger partial charge in [-0.15, -0.1) is 17.5 Å². The number of nitrogens with two attached hydrogens (primary N) is 1. The molecule has 0 aliphatic heterocycles. The maximum absolute atomic E-state index is 12.4. The lowest BCUT2D eigenvalue weighted by Gasteiger charge is -2.07. The maximum atomic E-state index is 12.4. The zero-order chi connectivity index (χ0) is 18.8. The summed E-state index contributed by atoms with van der Waals surface area (Å²) in [6.45, 7) is 0.416. The quantitative estimate of drug-likeness (QED) is 0.515. The standard InChI is InChI=1S/C18H15ClN6O2.ClH/c19-12-5-2-1-4-11(12)7-8-21-17(26)13-10-15-23-16(14-6-3-9-27-14)24-25(15)18(20)22-13;/h1-6,9-10H,7-8H2,(H2,20,22)(H,21,26);1H. The number of aromatic nitrogens is 4. The Morgan fingerprint density at radius 3 is 2.79 bits per heavy atom. The largest absolute Gasteiger partial charge is 0.461 e. The van der Waals surface area contributed by atoms with Crippen LogP contribution < -0.4 is 11.1 Å².